The summed E-state index contributed by atoms with van der Waals surface area (Å²) in [7, 11) is 1.83. The summed E-state index contributed by atoms with van der Waals surface area (Å²) in [5.41, 5.74) is 5.58. The van der Waals surface area contributed by atoms with Gasteiger partial charge in [-0.3, -0.25) is 9.59 Å². The van der Waals surface area contributed by atoms with E-state index in [1.165, 1.54) is 0 Å². The number of likely N-dealkylation sites (N-methyl/N-ethyl adjacent to an activating group) is 1. The van der Waals surface area contributed by atoms with Crippen molar-refractivity contribution in [3.05, 3.63) is 47.3 Å². The molecule has 0 radical (unpaired) electrons. The van der Waals surface area contributed by atoms with E-state index < -0.39 is 0 Å². The molecular formula is C21H26N4O2. The summed E-state index contributed by atoms with van der Waals surface area (Å²) in [5.74, 6) is 6.43. The van der Waals surface area contributed by atoms with Crippen LogP contribution < -0.4 is 16.1 Å². The highest BCUT2D eigenvalue weighted by molar-refractivity contribution is 5.94. The quantitative estimate of drug-likeness (QED) is 0.651. The number of carbonyl (C=O) groups excluding carboxylic acids is 2. The van der Waals surface area contributed by atoms with Gasteiger partial charge in [-0.15, -0.1) is 0 Å². The lowest BCUT2D eigenvalue weighted by Crippen LogP contribution is -2.37. The number of carbonyl (C=O) groups is 2. The molecule has 2 aliphatic heterocycles. The number of hydrogen-bond donors (Lipinski definition) is 3. The van der Waals surface area contributed by atoms with Gasteiger partial charge in [0, 0.05) is 55.7 Å². The van der Waals surface area contributed by atoms with Gasteiger partial charge in [0.15, 0.2) is 0 Å². The number of nitrogens with one attached hydrogen (secondary N) is 3. The van der Waals surface area contributed by atoms with Crippen molar-refractivity contribution in [1.82, 2.24) is 21.1 Å². The second kappa shape index (κ2) is 8.38. The summed E-state index contributed by atoms with van der Waals surface area (Å²) < 4.78 is 0. The van der Waals surface area contributed by atoms with Gasteiger partial charge in [0.25, 0.3) is 5.91 Å². The fourth-order valence-electron chi connectivity index (χ4n) is 3.32. The molecule has 0 aromatic carbocycles. The summed E-state index contributed by atoms with van der Waals surface area (Å²) in [6.45, 7) is 4.98. The van der Waals surface area contributed by atoms with Crippen molar-refractivity contribution in [2.75, 3.05) is 20.1 Å². The van der Waals surface area contributed by atoms with Gasteiger partial charge in [0.1, 0.15) is 11.5 Å². The smallest absolute Gasteiger partial charge is 0.272 e. The van der Waals surface area contributed by atoms with E-state index >= 15 is 0 Å². The Balaban J connectivity index is 1.60. The Morgan fingerprint density at radius 3 is 2.85 bits per heavy atom. The molecule has 3 rings (SSSR count). The Morgan fingerprint density at radius 1 is 1.33 bits per heavy atom. The first kappa shape index (κ1) is 19.2. The van der Waals surface area contributed by atoms with Crippen LogP contribution in [0.5, 0.6) is 0 Å². The van der Waals surface area contributed by atoms with Gasteiger partial charge in [0.2, 0.25) is 0 Å². The molecule has 0 saturated heterocycles. The normalized spacial score (nSPS) is 27.1. The maximum atomic E-state index is 12.5. The van der Waals surface area contributed by atoms with Crippen LogP contribution >= 0.6 is 0 Å². The van der Waals surface area contributed by atoms with Crippen LogP contribution in [0.25, 0.3) is 0 Å². The molecule has 0 saturated carbocycles. The lowest BCUT2D eigenvalue weighted by Gasteiger charge is -2.20. The summed E-state index contributed by atoms with van der Waals surface area (Å²) in [6.07, 6.45) is 10.4. The number of ketones is 1. The molecule has 2 heterocycles. The molecule has 6 heteroatoms. The fourth-order valence-corrected chi connectivity index (χ4v) is 3.32. The first-order valence-corrected chi connectivity index (χ1v) is 9.26. The lowest BCUT2D eigenvalue weighted by atomic mass is 9.96. The predicted octanol–water partition coefficient (Wildman–Crippen LogP) is 1.02. The highest BCUT2D eigenvalue weighted by atomic mass is 16.2. The Hall–Kier alpha value is -2.62. The molecule has 1 amide bonds. The number of hydrazine groups is 1. The zero-order valence-electron chi connectivity index (χ0n) is 16.0. The molecule has 1 aliphatic carbocycles. The van der Waals surface area contributed by atoms with Crippen LogP contribution in [-0.4, -0.2) is 42.9 Å². The predicted molar refractivity (Wildman–Crippen MR) is 105 cm³/mol. The van der Waals surface area contributed by atoms with Crippen LogP contribution in [0.2, 0.25) is 0 Å². The molecule has 6 nitrogen and oxygen atoms in total. The maximum absolute atomic E-state index is 12.5. The number of Topliss-reactive ketones (excluding diaryl/α,β-unsaturated/α-hetero) is 1. The number of nitrogens with zero attached hydrogens (tertiary/aromatic N) is 1. The second-order valence-electron chi connectivity index (χ2n) is 7.18. The summed E-state index contributed by atoms with van der Waals surface area (Å²) in [5, 5.41) is 7.96. The third-order valence-corrected chi connectivity index (χ3v) is 4.78. The highest BCUT2D eigenvalue weighted by Gasteiger charge is 2.23. The number of rotatable bonds is 3. The van der Waals surface area contributed by atoms with E-state index in [9.17, 15) is 9.59 Å². The molecule has 3 atom stereocenters. The SMILES string of the molecule is CC(=O)C1C=C(C#CC2C=CC=C(NC(=O)C3=CC(C)NN3C)C2)CNC1. The number of allylic oxidation sites excluding steroid dienone is 4. The van der Waals surface area contributed by atoms with Gasteiger partial charge in [-0.25, -0.2) is 5.43 Å². The standard InChI is InChI=1S/C21H26N4O2/c1-14-9-20(25(3)24-14)21(27)23-19-6-4-5-16(11-19)7-8-17-10-18(15(2)26)13-22-12-17/h4-6,9-10,14,16,18,22,24H,11-13H2,1-3H3,(H,23,27). The Morgan fingerprint density at radius 2 is 2.15 bits per heavy atom. The third kappa shape index (κ3) is 4.97. The number of amides is 1. The van der Waals surface area contributed by atoms with Crippen molar-refractivity contribution >= 4 is 11.7 Å². The van der Waals surface area contributed by atoms with Crippen LogP contribution in [0, 0.1) is 23.7 Å². The summed E-state index contributed by atoms with van der Waals surface area (Å²) >= 11 is 0. The summed E-state index contributed by atoms with van der Waals surface area (Å²) in [4.78, 5) is 24.0. The molecule has 0 aromatic rings. The number of hydrogen-bond acceptors (Lipinski definition) is 5. The van der Waals surface area contributed by atoms with Gasteiger partial charge in [-0.05, 0) is 26.0 Å². The topological polar surface area (TPSA) is 73.5 Å². The molecule has 0 fully saturated rings. The molecule has 142 valence electrons. The fraction of sp³-hybridized carbons (Fsp3) is 0.429. The molecule has 0 spiro atoms. The van der Waals surface area contributed by atoms with Crippen LogP contribution in [0.3, 0.4) is 0 Å². The van der Waals surface area contributed by atoms with Crippen LogP contribution in [0.15, 0.2) is 47.3 Å². The molecule has 0 bridgehead atoms. The van der Waals surface area contributed by atoms with E-state index in [1.807, 2.05) is 44.4 Å². The van der Waals surface area contributed by atoms with Crippen molar-refractivity contribution in [3.63, 3.8) is 0 Å². The van der Waals surface area contributed by atoms with Gasteiger partial charge >= 0.3 is 0 Å². The maximum Gasteiger partial charge on any atom is 0.272 e. The monoisotopic (exact) mass is 366 g/mol. The highest BCUT2D eigenvalue weighted by Crippen LogP contribution is 2.18. The van der Waals surface area contributed by atoms with Crippen LogP contribution in [0.1, 0.15) is 20.3 Å². The van der Waals surface area contributed by atoms with Crippen molar-refractivity contribution in [2.45, 2.75) is 26.3 Å². The average Bonchev–Trinajstić information content (AvgIpc) is 2.99. The van der Waals surface area contributed by atoms with Crippen molar-refractivity contribution in [1.29, 1.82) is 0 Å². The van der Waals surface area contributed by atoms with Gasteiger partial charge in [-0.1, -0.05) is 30.1 Å². The molecule has 3 N–H and O–H groups in total. The largest absolute Gasteiger partial charge is 0.324 e. The summed E-state index contributed by atoms with van der Waals surface area (Å²) in [6, 6.07) is 0.144. The lowest BCUT2D eigenvalue weighted by molar-refractivity contribution is -0.119. The van der Waals surface area contributed by atoms with Crippen LogP contribution in [-0.2, 0) is 9.59 Å². The molecule has 0 aromatic heterocycles. The van der Waals surface area contributed by atoms with E-state index in [2.05, 4.69) is 27.9 Å². The first-order valence-electron chi connectivity index (χ1n) is 9.26. The zero-order chi connectivity index (χ0) is 19.4. The molecular weight excluding hydrogens is 340 g/mol. The van der Waals surface area contributed by atoms with Gasteiger partial charge in [0.05, 0.1) is 0 Å². The molecule has 3 aliphatic rings. The van der Waals surface area contributed by atoms with Crippen molar-refractivity contribution in [3.8, 4) is 11.8 Å². The van der Waals surface area contributed by atoms with Gasteiger partial charge in [-0.2, -0.15) is 0 Å². The minimum absolute atomic E-state index is 0.0382. The minimum atomic E-state index is -0.119. The Bertz CT molecular complexity index is 810. The third-order valence-electron chi connectivity index (χ3n) is 4.78. The molecule has 27 heavy (non-hydrogen) atoms. The van der Waals surface area contributed by atoms with Crippen molar-refractivity contribution in [2.24, 2.45) is 11.8 Å². The zero-order valence-corrected chi connectivity index (χ0v) is 16.0. The minimum Gasteiger partial charge on any atom is -0.324 e. The van der Waals surface area contributed by atoms with E-state index in [-0.39, 0.29) is 29.6 Å². The second-order valence-corrected chi connectivity index (χ2v) is 7.18. The van der Waals surface area contributed by atoms with E-state index in [0.29, 0.717) is 25.2 Å². The first-order chi connectivity index (χ1) is 12.9. The van der Waals surface area contributed by atoms with E-state index in [4.69, 9.17) is 0 Å². The Kier molecular flexibility index (Phi) is 5.94. The van der Waals surface area contributed by atoms with E-state index in [1.54, 1.807) is 11.9 Å². The van der Waals surface area contributed by atoms with Crippen LogP contribution in [0.4, 0.5) is 0 Å². The molecule has 3 unspecified atom stereocenters. The van der Waals surface area contributed by atoms with E-state index in [0.717, 1.165) is 11.3 Å². The van der Waals surface area contributed by atoms with Gasteiger partial charge < -0.3 is 15.6 Å². The van der Waals surface area contributed by atoms with Crippen molar-refractivity contribution < 1.29 is 9.59 Å². The Labute approximate surface area is 160 Å². The average molecular weight is 366 g/mol.